The molecular weight excluding hydrogens is 702 g/mol. The fourth-order valence-electron chi connectivity index (χ4n) is 5.34. The van der Waals surface area contributed by atoms with Crippen LogP contribution in [0.2, 0.25) is 0 Å². The smallest absolute Gasteiger partial charge is 0.320 e. The van der Waals surface area contributed by atoms with E-state index in [1.165, 1.54) is 32.1 Å². The number of alkyl halides is 1. The first kappa shape index (κ1) is 48.8. The number of hydrogen-bond acceptors (Lipinski definition) is 11. The molecule has 0 aromatic heterocycles. The summed E-state index contributed by atoms with van der Waals surface area (Å²) in [5, 5.41) is 27.1. The molecule has 0 saturated heterocycles. The van der Waals surface area contributed by atoms with E-state index in [-0.39, 0.29) is 77.7 Å². The van der Waals surface area contributed by atoms with Gasteiger partial charge in [0.2, 0.25) is 17.7 Å². The van der Waals surface area contributed by atoms with Gasteiger partial charge in [0, 0.05) is 45.1 Å². The van der Waals surface area contributed by atoms with E-state index in [1.807, 2.05) is 0 Å². The molecular formula is C35H62ClN5O11. The Morgan fingerprint density at radius 3 is 1.79 bits per heavy atom. The highest BCUT2D eigenvalue weighted by Crippen LogP contribution is 2.15. The number of nitrogens with one attached hydrogen (secondary N) is 3. The van der Waals surface area contributed by atoms with Gasteiger partial charge < -0.3 is 46.2 Å². The summed E-state index contributed by atoms with van der Waals surface area (Å²) in [6, 6.07) is -1.61. The molecule has 0 aliphatic carbocycles. The summed E-state index contributed by atoms with van der Waals surface area (Å²) < 4.78 is 10.4. The quantitative estimate of drug-likeness (QED) is 0.0305. The number of carbonyl (C=O) groups excluding carboxylic acids is 5. The van der Waals surface area contributed by atoms with Crippen molar-refractivity contribution in [3.63, 3.8) is 0 Å². The molecule has 2 unspecified atom stereocenters. The zero-order chi connectivity index (χ0) is 38.8. The Balaban J connectivity index is 4.16. The van der Waals surface area contributed by atoms with Gasteiger partial charge in [0.15, 0.2) is 0 Å². The largest absolute Gasteiger partial charge is 0.481 e. The highest BCUT2D eigenvalue weighted by atomic mass is 35.5. The van der Waals surface area contributed by atoms with Crippen molar-refractivity contribution in [2.45, 2.75) is 121 Å². The molecule has 0 saturated carbocycles. The molecule has 0 aliphatic rings. The highest BCUT2D eigenvalue weighted by molar-refractivity contribution is 6.28. The van der Waals surface area contributed by atoms with Crippen LogP contribution >= 0.6 is 11.6 Å². The monoisotopic (exact) mass is 763 g/mol. The number of aldehydes is 1. The SMILES string of the molecule is NCCN(C(=O)CCl)C(=O)COCCNC(=O)COCCNC(=O)CCC(NC(CCCCCCCCCCCCCCC=O)CC(=O)O)C(=O)O. The van der Waals surface area contributed by atoms with Gasteiger partial charge in [-0.2, -0.15) is 0 Å². The molecule has 0 spiro atoms. The molecule has 300 valence electrons. The minimum atomic E-state index is -1.16. The zero-order valence-electron chi connectivity index (χ0n) is 30.6. The van der Waals surface area contributed by atoms with Crippen molar-refractivity contribution in [1.82, 2.24) is 20.9 Å². The number of ether oxygens (including phenoxy) is 2. The number of carbonyl (C=O) groups is 7. The van der Waals surface area contributed by atoms with Crippen LogP contribution in [0.15, 0.2) is 0 Å². The first-order valence-electron chi connectivity index (χ1n) is 18.5. The lowest BCUT2D eigenvalue weighted by atomic mass is 10.0. The van der Waals surface area contributed by atoms with Crippen molar-refractivity contribution < 1.29 is 53.2 Å². The van der Waals surface area contributed by atoms with Gasteiger partial charge >= 0.3 is 11.9 Å². The van der Waals surface area contributed by atoms with Crippen LogP contribution in [0, 0.1) is 0 Å². The molecule has 0 fully saturated rings. The van der Waals surface area contributed by atoms with Crippen molar-refractivity contribution >= 4 is 53.5 Å². The number of halogens is 1. The average Bonchev–Trinajstić information content (AvgIpc) is 3.11. The lowest BCUT2D eigenvalue weighted by Gasteiger charge is -2.22. The van der Waals surface area contributed by atoms with Crippen LogP contribution in [0.5, 0.6) is 0 Å². The van der Waals surface area contributed by atoms with Gasteiger partial charge in [0.25, 0.3) is 5.91 Å². The molecule has 7 N–H and O–H groups in total. The summed E-state index contributed by atoms with van der Waals surface area (Å²) in [5.74, 6) is -4.57. The number of carboxylic acid groups (broad SMARTS) is 2. The molecule has 0 rings (SSSR count). The maximum atomic E-state index is 12.3. The molecule has 17 heteroatoms. The van der Waals surface area contributed by atoms with Gasteiger partial charge in [0.1, 0.15) is 31.4 Å². The first-order valence-corrected chi connectivity index (χ1v) is 19.0. The Morgan fingerprint density at radius 2 is 1.27 bits per heavy atom. The molecule has 0 aliphatic heterocycles. The third kappa shape index (κ3) is 28.4. The molecule has 4 amide bonds. The summed E-state index contributed by atoms with van der Waals surface area (Å²) in [5.41, 5.74) is 5.39. The predicted molar refractivity (Wildman–Crippen MR) is 195 cm³/mol. The summed E-state index contributed by atoms with van der Waals surface area (Å²) in [6.07, 6.45) is 14.9. The van der Waals surface area contributed by atoms with Gasteiger partial charge in [-0.25, -0.2) is 0 Å². The van der Waals surface area contributed by atoms with E-state index in [1.54, 1.807) is 0 Å². The Labute approximate surface area is 312 Å². The first-order chi connectivity index (χ1) is 25.0. The van der Waals surface area contributed by atoms with Gasteiger partial charge in [0.05, 0.1) is 19.6 Å². The molecule has 0 bridgehead atoms. The zero-order valence-corrected chi connectivity index (χ0v) is 31.3. The van der Waals surface area contributed by atoms with E-state index in [2.05, 4.69) is 16.0 Å². The lowest BCUT2D eigenvalue weighted by Crippen LogP contribution is -2.45. The Kier molecular flexibility index (Phi) is 31.6. The number of aliphatic carboxylic acids is 2. The van der Waals surface area contributed by atoms with Crippen LogP contribution < -0.4 is 21.7 Å². The van der Waals surface area contributed by atoms with E-state index in [0.717, 1.165) is 56.1 Å². The van der Waals surface area contributed by atoms with Gasteiger partial charge in [-0.1, -0.05) is 70.6 Å². The number of hydrogen-bond donors (Lipinski definition) is 6. The number of nitrogens with two attached hydrogens (primary N) is 1. The summed E-state index contributed by atoms with van der Waals surface area (Å²) in [6.45, 7) is -0.340. The second-order valence-electron chi connectivity index (χ2n) is 12.5. The molecule has 52 heavy (non-hydrogen) atoms. The Morgan fingerprint density at radius 1 is 0.731 bits per heavy atom. The number of imide groups is 1. The van der Waals surface area contributed by atoms with Gasteiger partial charge in [-0.3, -0.25) is 33.7 Å². The lowest BCUT2D eigenvalue weighted by molar-refractivity contribution is -0.146. The second kappa shape index (κ2) is 33.6. The number of amides is 4. The van der Waals surface area contributed by atoms with Crippen LogP contribution in [-0.2, 0) is 43.0 Å². The molecule has 0 aromatic rings. The fourth-order valence-corrected chi connectivity index (χ4v) is 5.48. The van der Waals surface area contributed by atoms with Gasteiger partial charge in [-0.15, -0.1) is 11.6 Å². The van der Waals surface area contributed by atoms with Crippen LogP contribution in [0.1, 0.15) is 109 Å². The molecule has 0 radical (unpaired) electrons. The summed E-state index contributed by atoms with van der Waals surface area (Å²) in [7, 11) is 0. The van der Waals surface area contributed by atoms with E-state index < -0.39 is 47.7 Å². The van der Waals surface area contributed by atoms with Crippen LogP contribution in [0.25, 0.3) is 0 Å². The average molecular weight is 764 g/mol. The van der Waals surface area contributed by atoms with Gasteiger partial charge in [-0.05, 0) is 19.3 Å². The molecule has 0 aromatic carbocycles. The number of rotatable bonds is 36. The maximum Gasteiger partial charge on any atom is 0.320 e. The number of carboxylic acids is 2. The van der Waals surface area contributed by atoms with Crippen molar-refractivity contribution in [2.24, 2.45) is 5.73 Å². The third-order valence-electron chi connectivity index (χ3n) is 8.11. The van der Waals surface area contributed by atoms with Crippen molar-refractivity contribution in [3.05, 3.63) is 0 Å². The van der Waals surface area contributed by atoms with E-state index in [0.29, 0.717) is 12.8 Å². The summed E-state index contributed by atoms with van der Waals surface area (Å²) >= 11 is 5.48. The Bertz CT molecular complexity index is 1040. The fraction of sp³-hybridized carbons (Fsp3) is 0.800. The standard InChI is InChI=1S/C35H62ClN5O11/c36-25-32(45)41(20-17-37)33(46)27-52-23-19-39-31(44)26-51-22-18-38-30(43)16-15-29(35(49)50)40-28(24-34(47)48)14-12-10-8-6-4-2-1-3-5-7-9-11-13-21-42/h21,28-29,40H,1-20,22-27,37H2,(H,38,43)(H,39,44)(H,47,48)(H,49,50). The molecule has 16 nitrogen and oxygen atoms in total. The third-order valence-corrected chi connectivity index (χ3v) is 8.33. The minimum absolute atomic E-state index is 0.00991. The van der Waals surface area contributed by atoms with Crippen LogP contribution in [-0.4, -0.2) is 128 Å². The minimum Gasteiger partial charge on any atom is -0.481 e. The Hall–Kier alpha value is -3.18. The number of unbranched alkanes of at least 4 members (excludes halogenated alkanes) is 12. The normalized spacial score (nSPS) is 12.1. The summed E-state index contributed by atoms with van der Waals surface area (Å²) in [4.78, 5) is 82.5. The van der Waals surface area contributed by atoms with Crippen LogP contribution in [0.4, 0.5) is 0 Å². The molecule has 0 heterocycles. The maximum absolute atomic E-state index is 12.3. The number of nitrogens with zero attached hydrogens (tertiary/aromatic N) is 1. The van der Waals surface area contributed by atoms with E-state index >= 15 is 0 Å². The topological polar surface area (TPSA) is 244 Å². The van der Waals surface area contributed by atoms with Crippen molar-refractivity contribution in [3.8, 4) is 0 Å². The van der Waals surface area contributed by atoms with Crippen molar-refractivity contribution in [2.75, 3.05) is 58.5 Å². The van der Waals surface area contributed by atoms with Crippen molar-refractivity contribution in [1.29, 1.82) is 0 Å². The highest BCUT2D eigenvalue weighted by Gasteiger charge is 2.24. The molecule has 2 atom stereocenters. The van der Waals surface area contributed by atoms with E-state index in [4.69, 9.17) is 26.8 Å². The van der Waals surface area contributed by atoms with E-state index in [9.17, 15) is 43.8 Å². The van der Waals surface area contributed by atoms with Crippen LogP contribution in [0.3, 0.4) is 0 Å². The second-order valence-corrected chi connectivity index (χ2v) is 12.8. The predicted octanol–water partition coefficient (Wildman–Crippen LogP) is 2.13.